The van der Waals surface area contributed by atoms with E-state index in [4.69, 9.17) is 4.74 Å². The highest BCUT2D eigenvalue weighted by atomic mass is 16.6. The first-order valence-corrected chi connectivity index (χ1v) is 11.9. The zero-order valence-corrected chi connectivity index (χ0v) is 20.7. The van der Waals surface area contributed by atoms with Gasteiger partial charge in [0, 0.05) is 13.1 Å². The van der Waals surface area contributed by atoms with Crippen LogP contribution in [0.25, 0.3) is 0 Å². The van der Waals surface area contributed by atoms with Crippen molar-refractivity contribution < 1.29 is 24.2 Å². The number of alkyl carbamates (subject to hydrolysis) is 1. The molecule has 0 fully saturated rings. The summed E-state index contributed by atoms with van der Waals surface area (Å²) in [5.74, 6) is -0.815. The van der Waals surface area contributed by atoms with E-state index in [9.17, 15) is 19.5 Å². The Hall–Kier alpha value is -2.61. The van der Waals surface area contributed by atoms with Gasteiger partial charge in [-0.2, -0.15) is 0 Å². The summed E-state index contributed by atoms with van der Waals surface area (Å²) in [6, 6.07) is 6.99. The van der Waals surface area contributed by atoms with Crippen molar-refractivity contribution in [2.24, 2.45) is 0 Å². The number of rotatable bonds is 13. The van der Waals surface area contributed by atoms with Crippen LogP contribution in [0.3, 0.4) is 0 Å². The fourth-order valence-electron chi connectivity index (χ4n) is 3.32. The van der Waals surface area contributed by atoms with E-state index in [2.05, 4.69) is 17.6 Å². The fraction of sp³-hybridized carbons (Fsp3) is 0.640. The largest absolute Gasteiger partial charge is 0.444 e. The van der Waals surface area contributed by atoms with E-state index in [0.29, 0.717) is 25.1 Å². The van der Waals surface area contributed by atoms with E-state index in [-0.39, 0.29) is 5.91 Å². The van der Waals surface area contributed by atoms with Gasteiger partial charge in [-0.1, -0.05) is 63.4 Å². The summed E-state index contributed by atoms with van der Waals surface area (Å²) >= 11 is 0. The van der Waals surface area contributed by atoms with Crippen LogP contribution in [0.4, 0.5) is 4.79 Å². The van der Waals surface area contributed by atoms with Gasteiger partial charge in [-0.25, -0.2) is 4.79 Å². The van der Waals surface area contributed by atoms with Crippen LogP contribution in [-0.2, 0) is 14.3 Å². The van der Waals surface area contributed by atoms with Crippen molar-refractivity contribution >= 4 is 17.9 Å². The van der Waals surface area contributed by atoms with Gasteiger partial charge in [0.2, 0.25) is 11.8 Å². The molecule has 8 nitrogen and oxygen atoms in total. The molecular formula is C25H41N3O5. The normalized spacial score (nSPS) is 13.0. The van der Waals surface area contributed by atoms with Crippen molar-refractivity contribution in [3.8, 4) is 0 Å². The predicted molar refractivity (Wildman–Crippen MR) is 129 cm³/mol. The number of amides is 3. The zero-order chi connectivity index (χ0) is 24.9. The summed E-state index contributed by atoms with van der Waals surface area (Å²) in [7, 11) is 0. The van der Waals surface area contributed by atoms with Crippen molar-refractivity contribution in [2.75, 3.05) is 19.7 Å². The van der Waals surface area contributed by atoms with Gasteiger partial charge >= 0.3 is 6.09 Å². The minimum Gasteiger partial charge on any atom is -0.444 e. The van der Waals surface area contributed by atoms with E-state index >= 15 is 0 Å². The topological polar surface area (TPSA) is 108 Å². The lowest BCUT2D eigenvalue weighted by atomic mass is 10.0. The molecule has 3 N–H and O–H groups in total. The van der Waals surface area contributed by atoms with Gasteiger partial charge in [0.25, 0.3) is 0 Å². The Morgan fingerprint density at radius 2 is 1.67 bits per heavy atom. The van der Waals surface area contributed by atoms with Gasteiger partial charge in [0.05, 0.1) is 6.61 Å². The first kappa shape index (κ1) is 28.4. The van der Waals surface area contributed by atoms with Crippen molar-refractivity contribution in [1.29, 1.82) is 0 Å². The Bertz CT molecular complexity index is 733. The summed E-state index contributed by atoms with van der Waals surface area (Å²) < 4.78 is 5.24. The second-order valence-corrected chi connectivity index (χ2v) is 9.08. The number of carbonyl (C=O) groups is 3. The molecule has 2 unspecified atom stereocenters. The standard InChI is InChI=1S/C25H41N3O5/c1-6-8-13-16-26-22(30)21(19-14-11-10-12-15-19)28(17-9-7-2)23(31)20(18-29)27-24(32)33-25(3,4)5/h10-12,14-15,20-21,29H,6-9,13,16-18H2,1-5H3,(H,26,30)(H,27,32). The molecule has 0 spiro atoms. The van der Waals surface area contributed by atoms with Crippen molar-refractivity contribution in [2.45, 2.75) is 84.4 Å². The van der Waals surface area contributed by atoms with Crippen molar-refractivity contribution in [1.82, 2.24) is 15.5 Å². The molecule has 186 valence electrons. The van der Waals surface area contributed by atoms with E-state index in [1.807, 2.05) is 25.1 Å². The number of nitrogens with one attached hydrogen (secondary N) is 2. The molecule has 1 rings (SSSR count). The van der Waals surface area contributed by atoms with Crippen LogP contribution < -0.4 is 10.6 Å². The van der Waals surface area contributed by atoms with Crippen LogP contribution in [0.1, 0.15) is 78.3 Å². The molecule has 33 heavy (non-hydrogen) atoms. The van der Waals surface area contributed by atoms with Gasteiger partial charge in [0.1, 0.15) is 17.7 Å². The summed E-state index contributed by atoms with van der Waals surface area (Å²) in [5.41, 5.74) is -0.0797. The predicted octanol–water partition coefficient (Wildman–Crippen LogP) is 3.55. The highest BCUT2D eigenvalue weighted by Gasteiger charge is 2.35. The lowest BCUT2D eigenvalue weighted by Gasteiger charge is -2.34. The summed E-state index contributed by atoms with van der Waals surface area (Å²) in [6.07, 6.45) is 3.57. The third kappa shape index (κ3) is 10.2. The average Bonchev–Trinajstić information content (AvgIpc) is 2.76. The molecule has 0 saturated heterocycles. The average molecular weight is 464 g/mol. The maximum absolute atomic E-state index is 13.5. The third-order valence-electron chi connectivity index (χ3n) is 4.96. The van der Waals surface area contributed by atoms with E-state index in [1.54, 1.807) is 32.9 Å². The van der Waals surface area contributed by atoms with Gasteiger partial charge < -0.3 is 25.4 Å². The number of unbranched alkanes of at least 4 members (excludes halogenated alkanes) is 3. The van der Waals surface area contributed by atoms with Crippen LogP contribution in [0.15, 0.2) is 30.3 Å². The lowest BCUT2D eigenvalue weighted by molar-refractivity contribution is -0.143. The SMILES string of the molecule is CCCCCNC(=O)C(c1ccccc1)N(CCCC)C(=O)C(CO)NC(=O)OC(C)(C)C. The van der Waals surface area contributed by atoms with Gasteiger partial charge in [0.15, 0.2) is 0 Å². The number of benzene rings is 1. The Morgan fingerprint density at radius 1 is 1.03 bits per heavy atom. The molecule has 0 aliphatic carbocycles. The molecule has 3 amide bonds. The molecule has 2 atom stereocenters. The molecule has 0 aliphatic heterocycles. The number of nitrogens with zero attached hydrogens (tertiary/aromatic N) is 1. The van der Waals surface area contributed by atoms with Gasteiger partial charge in [-0.05, 0) is 39.2 Å². The molecule has 0 aromatic heterocycles. The number of aliphatic hydroxyl groups is 1. The van der Waals surface area contributed by atoms with Gasteiger partial charge in [-0.3, -0.25) is 9.59 Å². The first-order chi connectivity index (χ1) is 15.6. The van der Waals surface area contributed by atoms with Crippen LogP contribution in [0.5, 0.6) is 0 Å². The van der Waals surface area contributed by atoms with E-state index in [0.717, 1.165) is 25.7 Å². The summed E-state index contributed by atoms with van der Waals surface area (Å²) in [6.45, 7) is 9.44. The molecule has 0 bridgehead atoms. The second kappa shape index (κ2) is 14.5. The van der Waals surface area contributed by atoms with Crippen LogP contribution >= 0.6 is 0 Å². The quantitative estimate of drug-likeness (QED) is 0.388. The lowest BCUT2D eigenvalue weighted by Crippen LogP contribution is -2.54. The molecule has 1 aromatic rings. The number of aliphatic hydroxyl groups excluding tert-OH is 1. The number of ether oxygens (including phenoxy) is 1. The van der Waals surface area contributed by atoms with Crippen molar-refractivity contribution in [3.05, 3.63) is 35.9 Å². The summed E-state index contributed by atoms with van der Waals surface area (Å²) in [5, 5.41) is 15.3. The number of carbonyl (C=O) groups excluding carboxylic acids is 3. The molecule has 0 aliphatic rings. The smallest absolute Gasteiger partial charge is 0.408 e. The summed E-state index contributed by atoms with van der Waals surface area (Å²) in [4.78, 5) is 40.5. The molecule has 8 heteroatoms. The Balaban J connectivity index is 3.20. The molecular weight excluding hydrogens is 422 g/mol. The van der Waals surface area contributed by atoms with Crippen LogP contribution in [0.2, 0.25) is 0 Å². The zero-order valence-electron chi connectivity index (χ0n) is 20.7. The maximum Gasteiger partial charge on any atom is 0.408 e. The third-order valence-corrected chi connectivity index (χ3v) is 4.96. The Kier molecular flexibility index (Phi) is 12.5. The molecule has 0 radical (unpaired) electrons. The highest BCUT2D eigenvalue weighted by molar-refractivity contribution is 5.92. The van der Waals surface area contributed by atoms with Crippen LogP contribution in [0, 0.1) is 0 Å². The van der Waals surface area contributed by atoms with E-state index in [1.165, 1.54) is 4.90 Å². The van der Waals surface area contributed by atoms with Gasteiger partial charge in [-0.15, -0.1) is 0 Å². The minimum absolute atomic E-state index is 0.282. The fourth-order valence-corrected chi connectivity index (χ4v) is 3.32. The van der Waals surface area contributed by atoms with E-state index < -0.39 is 36.3 Å². The van der Waals surface area contributed by atoms with Crippen LogP contribution in [-0.4, -0.2) is 59.3 Å². The first-order valence-electron chi connectivity index (χ1n) is 11.9. The highest BCUT2D eigenvalue weighted by Crippen LogP contribution is 2.23. The monoisotopic (exact) mass is 463 g/mol. The molecule has 1 aromatic carbocycles. The number of hydrogen-bond donors (Lipinski definition) is 3. The Labute approximate surface area is 198 Å². The van der Waals surface area contributed by atoms with Crippen molar-refractivity contribution in [3.63, 3.8) is 0 Å². The minimum atomic E-state index is -1.23. The second-order valence-electron chi connectivity index (χ2n) is 9.08. The Morgan fingerprint density at radius 3 is 2.21 bits per heavy atom. The molecule has 0 saturated carbocycles. The maximum atomic E-state index is 13.5. The number of hydrogen-bond acceptors (Lipinski definition) is 5. The molecule has 0 heterocycles.